The minimum atomic E-state index is -3.39. The maximum absolute atomic E-state index is 16.8. The Bertz CT molecular complexity index is 2790. The van der Waals surface area contributed by atoms with Crippen molar-refractivity contribution in [1.82, 2.24) is 28.9 Å². The fourth-order valence-electron chi connectivity index (χ4n) is 10.7. The molecule has 0 N–H and O–H groups in total. The Labute approximate surface area is 364 Å². The van der Waals surface area contributed by atoms with Crippen LogP contribution in [-0.2, 0) is 15.4 Å². The fourth-order valence-corrected chi connectivity index (χ4v) is 10.7. The monoisotopic (exact) mass is 858 g/mol. The van der Waals surface area contributed by atoms with E-state index in [0.29, 0.717) is 69.2 Å². The molecule has 2 aromatic heterocycles. The molecule has 0 radical (unpaired) electrons. The fraction of sp³-hybridized carbons (Fsp3) is 0.469. The third-order valence-electron chi connectivity index (χ3n) is 13.6. The Morgan fingerprint density at radius 3 is 1.98 bits per heavy atom. The molecule has 12 nitrogen and oxygen atoms in total. The molecule has 3 aliphatic carbocycles. The minimum absolute atomic E-state index is 0.00347. The predicted octanol–water partition coefficient (Wildman–Crippen LogP) is 10.9. The highest BCUT2D eigenvalue weighted by molar-refractivity contribution is 5.93. The van der Waals surface area contributed by atoms with Gasteiger partial charge < -0.3 is 9.47 Å². The van der Waals surface area contributed by atoms with Crippen molar-refractivity contribution < 1.29 is 37.4 Å². The van der Waals surface area contributed by atoms with Crippen LogP contribution in [0, 0.1) is 11.3 Å². The number of hydrogen-bond acceptors (Lipinski definition) is 8. The lowest BCUT2D eigenvalue weighted by Gasteiger charge is -2.36. The van der Waals surface area contributed by atoms with Gasteiger partial charge in [0.1, 0.15) is 22.9 Å². The van der Waals surface area contributed by atoms with Gasteiger partial charge in [-0.25, -0.2) is 19.6 Å². The second-order valence-corrected chi connectivity index (χ2v) is 20.4. The van der Waals surface area contributed by atoms with Crippen molar-refractivity contribution in [2.75, 3.05) is 6.54 Å². The summed E-state index contributed by atoms with van der Waals surface area (Å²) in [5.74, 6) is -3.00. The number of benzene rings is 3. The third kappa shape index (κ3) is 6.73. The zero-order valence-corrected chi connectivity index (χ0v) is 36.9. The number of likely N-dealkylation sites (tertiary alicyclic amines) is 2. The molecular formula is C49H52F2N6O6. The quantitative estimate of drug-likeness (QED) is 0.175. The van der Waals surface area contributed by atoms with Gasteiger partial charge in [-0.2, -0.15) is 8.78 Å². The first kappa shape index (κ1) is 41.1. The molecule has 2 saturated carbocycles. The van der Waals surface area contributed by atoms with Crippen LogP contribution in [0.2, 0.25) is 0 Å². The van der Waals surface area contributed by atoms with E-state index in [9.17, 15) is 19.2 Å². The van der Waals surface area contributed by atoms with Gasteiger partial charge in [0.15, 0.2) is 0 Å². The largest absolute Gasteiger partial charge is 0.444 e. The number of nitrogens with zero attached hydrogens (tertiary/aromatic N) is 6. The van der Waals surface area contributed by atoms with E-state index >= 15 is 8.78 Å². The van der Waals surface area contributed by atoms with Crippen LogP contribution in [-0.4, -0.2) is 76.7 Å². The summed E-state index contributed by atoms with van der Waals surface area (Å²) in [5, 5.41) is 0. The number of halogens is 2. The molecule has 2 bridgehead atoms. The van der Waals surface area contributed by atoms with Crippen molar-refractivity contribution in [1.29, 1.82) is 0 Å². The third-order valence-corrected chi connectivity index (χ3v) is 13.6. The van der Waals surface area contributed by atoms with Crippen LogP contribution in [0.25, 0.3) is 44.5 Å². The van der Waals surface area contributed by atoms with Gasteiger partial charge >= 0.3 is 12.2 Å². The molecule has 4 atom stereocenters. The Hall–Kier alpha value is -5.92. The summed E-state index contributed by atoms with van der Waals surface area (Å²) in [5.41, 5.74) is 2.02. The van der Waals surface area contributed by atoms with Crippen molar-refractivity contribution in [2.45, 2.75) is 129 Å². The number of hydrogen-bond donors (Lipinski definition) is 0. The summed E-state index contributed by atoms with van der Waals surface area (Å²) < 4.78 is 48.2. The van der Waals surface area contributed by atoms with E-state index in [1.807, 2.05) is 47.6 Å². The van der Waals surface area contributed by atoms with Crippen LogP contribution in [0.1, 0.15) is 138 Å². The van der Waals surface area contributed by atoms with E-state index in [1.54, 1.807) is 50.8 Å². The van der Waals surface area contributed by atoms with E-state index < -0.39 is 41.4 Å². The minimum Gasteiger partial charge on any atom is -0.444 e. The highest BCUT2D eigenvalue weighted by Crippen LogP contribution is 2.59. The first-order valence-electron chi connectivity index (χ1n) is 21.9. The number of amides is 2. The molecule has 3 unspecified atom stereocenters. The summed E-state index contributed by atoms with van der Waals surface area (Å²) in [6.45, 7) is 14.3. The molecule has 10 rings (SSSR count). The number of imidazole rings is 2. The molecular weight excluding hydrogens is 807 g/mol. The summed E-state index contributed by atoms with van der Waals surface area (Å²) >= 11 is 0. The normalized spacial score (nSPS) is 22.8. The van der Waals surface area contributed by atoms with Gasteiger partial charge in [-0.05, 0) is 138 Å². The number of alkyl halides is 2. The van der Waals surface area contributed by atoms with Crippen LogP contribution in [0.5, 0.6) is 0 Å². The maximum Gasteiger partial charge on any atom is 0.411 e. The number of aromatic nitrogens is 4. The second kappa shape index (κ2) is 13.8. The predicted molar refractivity (Wildman–Crippen MR) is 231 cm³/mol. The molecule has 5 aromatic rings. The molecule has 2 amide bonds. The highest BCUT2D eigenvalue weighted by atomic mass is 19.3. The topological polar surface area (TPSA) is 129 Å². The SMILES string of the molecule is CC(=O)n1c(-c2ccc3c(c2)C(F)(F)c2cc(-c4ccc5nc(C6C7CCC(C7)N6C(=O)OC(C)(C)C)n(C(C)=O)c5c4)ccc2-3)cnc1[C@@H]1CC2(CC2)CN1C(=O)OC(C)(C)C. The number of ether oxygens (including phenoxy) is 2. The zero-order chi connectivity index (χ0) is 44.7. The Morgan fingerprint density at radius 1 is 0.746 bits per heavy atom. The van der Waals surface area contributed by atoms with Crippen molar-refractivity contribution in [2.24, 2.45) is 11.3 Å². The van der Waals surface area contributed by atoms with Gasteiger partial charge in [0, 0.05) is 43.1 Å². The molecule has 14 heteroatoms. The van der Waals surface area contributed by atoms with E-state index in [2.05, 4.69) is 4.98 Å². The molecule has 2 saturated heterocycles. The molecule has 1 spiro atoms. The van der Waals surface area contributed by atoms with Gasteiger partial charge in [0.25, 0.3) is 5.92 Å². The van der Waals surface area contributed by atoms with Crippen LogP contribution in [0.3, 0.4) is 0 Å². The van der Waals surface area contributed by atoms with Crippen LogP contribution in [0.4, 0.5) is 18.4 Å². The number of fused-ring (bicyclic) bond motifs is 6. The van der Waals surface area contributed by atoms with Crippen LogP contribution < -0.4 is 0 Å². The zero-order valence-electron chi connectivity index (χ0n) is 36.9. The molecule has 63 heavy (non-hydrogen) atoms. The highest BCUT2D eigenvalue weighted by Gasteiger charge is 2.56. The number of rotatable bonds is 4. The molecule has 5 aliphatic rings. The Morgan fingerprint density at radius 2 is 1.35 bits per heavy atom. The Balaban J connectivity index is 0.977. The van der Waals surface area contributed by atoms with E-state index in [4.69, 9.17) is 14.5 Å². The Kier molecular flexibility index (Phi) is 9.00. The van der Waals surface area contributed by atoms with Gasteiger partial charge in [-0.1, -0.05) is 30.3 Å². The lowest BCUT2D eigenvalue weighted by molar-refractivity contribution is 0.00564. The van der Waals surface area contributed by atoms with E-state index in [1.165, 1.54) is 36.7 Å². The molecule has 328 valence electrons. The number of carbonyl (C=O) groups is 4. The van der Waals surface area contributed by atoms with Crippen molar-refractivity contribution in [3.63, 3.8) is 0 Å². The van der Waals surface area contributed by atoms with Crippen LogP contribution >= 0.6 is 0 Å². The number of carbonyl (C=O) groups excluding carboxylic acids is 4. The first-order chi connectivity index (χ1) is 29.6. The standard InChI is InChI=1S/C49H52F2N6O6/c1-26(58)55-38-22-29(12-16-37(38)53-43(55)41-31-9-13-32(19-31)57(41)45(61)63-47(6,7)8)28-10-14-33-34-15-11-30(21-36(34)49(50,51)35(33)20-28)40-24-52-42(56(40)27(2)59)39-23-48(17-18-48)25-54(39)44(60)62-46(3,4)5/h10-12,14-16,20-22,24,31-32,39,41H,9,13,17-19,23,25H2,1-8H3/t31?,32?,39-,41?/m0/s1. The van der Waals surface area contributed by atoms with Crippen molar-refractivity contribution in [3.05, 3.63) is 83.6 Å². The van der Waals surface area contributed by atoms with E-state index in [0.717, 1.165) is 32.1 Å². The van der Waals surface area contributed by atoms with Crippen LogP contribution in [0.15, 0.2) is 60.8 Å². The summed E-state index contributed by atoms with van der Waals surface area (Å²) in [6.07, 6.45) is 5.78. The molecule has 3 aromatic carbocycles. The molecule has 2 aliphatic heterocycles. The van der Waals surface area contributed by atoms with Crippen molar-refractivity contribution >= 4 is 35.0 Å². The second-order valence-electron chi connectivity index (χ2n) is 20.4. The first-order valence-corrected chi connectivity index (χ1v) is 21.9. The van der Waals surface area contributed by atoms with Gasteiger partial charge in [0.2, 0.25) is 11.8 Å². The smallest absolute Gasteiger partial charge is 0.411 e. The van der Waals surface area contributed by atoms with E-state index in [-0.39, 0.29) is 40.3 Å². The summed E-state index contributed by atoms with van der Waals surface area (Å²) in [7, 11) is 0. The maximum atomic E-state index is 16.8. The van der Waals surface area contributed by atoms with Gasteiger partial charge in [-0.15, -0.1) is 0 Å². The van der Waals surface area contributed by atoms with Gasteiger partial charge in [-0.3, -0.25) is 28.5 Å². The van der Waals surface area contributed by atoms with Crippen molar-refractivity contribution in [3.8, 4) is 33.5 Å². The average molecular weight is 859 g/mol. The molecule has 4 heterocycles. The average Bonchev–Trinajstić information content (AvgIpc) is 3.80. The summed E-state index contributed by atoms with van der Waals surface area (Å²) in [6, 6.07) is 14.3. The lowest BCUT2D eigenvalue weighted by Crippen LogP contribution is -2.44. The lowest BCUT2D eigenvalue weighted by atomic mass is 9.98. The molecule has 4 fully saturated rings. The van der Waals surface area contributed by atoms with Gasteiger partial charge in [0.05, 0.1) is 35.0 Å². The summed E-state index contributed by atoms with van der Waals surface area (Å²) in [4.78, 5) is 66.9. The number of piperidine rings is 1.